The molecule has 0 bridgehead atoms. The van der Waals surface area contributed by atoms with Crippen LogP contribution in [0.15, 0.2) is 53.4 Å². The molecule has 2 aliphatic heterocycles. The third-order valence-corrected chi connectivity index (χ3v) is 7.15. The first kappa shape index (κ1) is 18.4. The van der Waals surface area contributed by atoms with Gasteiger partial charge in [0.25, 0.3) is 0 Å². The van der Waals surface area contributed by atoms with E-state index in [1.807, 2.05) is 30.1 Å². The van der Waals surface area contributed by atoms with Gasteiger partial charge >= 0.3 is 0 Å². The van der Waals surface area contributed by atoms with Gasteiger partial charge in [0.2, 0.25) is 0 Å². The van der Waals surface area contributed by atoms with E-state index in [2.05, 4.69) is 64.4 Å². The van der Waals surface area contributed by atoms with E-state index in [4.69, 9.17) is 0 Å². The largest absolute Gasteiger partial charge is 0.368 e. The summed E-state index contributed by atoms with van der Waals surface area (Å²) in [5, 5.41) is 9.34. The van der Waals surface area contributed by atoms with Crippen LogP contribution in [0, 0.1) is 11.3 Å². The zero-order chi connectivity index (χ0) is 18.9. The van der Waals surface area contributed by atoms with Crippen molar-refractivity contribution < 1.29 is 0 Å². The number of hydrogen-bond donors (Lipinski definition) is 0. The van der Waals surface area contributed by atoms with E-state index in [1.54, 1.807) is 0 Å². The minimum absolute atomic E-state index is 0.0782. The minimum Gasteiger partial charge on any atom is -0.368 e. The van der Waals surface area contributed by atoms with Crippen LogP contribution in [0.3, 0.4) is 0 Å². The maximum Gasteiger partial charge on any atom is 0.101 e. The minimum atomic E-state index is 0.0782. The zero-order valence-electron chi connectivity index (χ0n) is 16.1. The van der Waals surface area contributed by atoms with Crippen LogP contribution in [0.4, 0.5) is 5.69 Å². The van der Waals surface area contributed by atoms with E-state index >= 15 is 0 Å². The van der Waals surface area contributed by atoms with Crippen LogP contribution >= 0.6 is 11.9 Å². The Morgan fingerprint density at radius 2 is 1.67 bits per heavy atom. The predicted molar refractivity (Wildman–Crippen MR) is 112 cm³/mol. The van der Waals surface area contributed by atoms with Crippen LogP contribution in [0.5, 0.6) is 0 Å². The molecule has 27 heavy (non-hydrogen) atoms. The summed E-state index contributed by atoms with van der Waals surface area (Å²) in [5.41, 5.74) is 3.37. The zero-order valence-corrected chi connectivity index (χ0v) is 16.9. The van der Waals surface area contributed by atoms with Crippen LogP contribution in [-0.4, -0.2) is 48.5 Å². The molecule has 1 saturated heterocycles. The number of para-hydroxylation sites is 1. The van der Waals surface area contributed by atoms with Gasteiger partial charge in [0, 0.05) is 44.2 Å². The first-order valence-electron chi connectivity index (χ1n) is 9.61. The third kappa shape index (κ3) is 3.58. The molecule has 2 aliphatic rings. The maximum atomic E-state index is 9.34. The molecular formula is C22H26N4S. The van der Waals surface area contributed by atoms with Gasteiger partial charge in [0.05, 0.1) is 16.8 Å². The molecule has 2 aromatic carbocycles. The quantitative estimate of drug-likeness (QED) is 0.753. The van der Waals surface area contributed by atoms with Gasteiger partial charge in [-0.25, -0.2) is 4.31 Å². The molecule has 0 N–H and O–H groups in total. The topological polar surface area (TPSA) is 33.5 Å². The number of hydrogen-bond acceptors (Lipinski definition) is 5. The summed E-state index contributed by atoms with van der Waals surface area (Å²) in [5.74, 6) is 0. The molecule has 4 nitrogen and oxygen atoms in total. The van der Waals surface area contributed by atoms with Crippen molar-refractivity contribution in [2.75, 3.05) is 44.2 Å². The molecule has 0 radical (unpaired) electrons. The number of anilines is 1. The molecule has 0 aliphatic carbocycles. The Labute approximate surface area is 166 Å². The fourth-order valence-electron chi connectivity index (χ4n) is 4.03. The summed E-state index contributed by atoms with van der Waals surface area (Å²) in [6, 6.07) is 19.0. The van der Waals surface area contributed by atoms with Crippen LogP contribution in [0.2, 0.25) is 0 Å². The molecule has 4 rings (SSSR count). The van der Waals surface area contributed by atoms with E-state index < -0.39 is 0 Å². The standard InChI is InChI=1S/C22H26N4S/c1-22(2)19-8-4-6-10-21(19)27-26(22)16-13-24-11-14-25(15-12-24)20-9-5-3-7-18(20)17-23/h3-10H,11-16H2,1-2H3. The van der Waals surface area contributed by atoms with Crippen LogP contribution in [0.1, 0.15) is 25.0 Å². The fraction of sp³-hybridized carbons (Fsp3) is 0.409. The first-order chi connectivity index (χ1) is 13.1. The first-order valence-corrected chi connectivity index (χ1v) is 10.4. The van der Waals surface area contributed by atoms with Gasteiger partial charge in [-0.1, -0.05) is 30.3 Å². The van der Waals surface area contributed by atoms with Crippen LogP contribution in [0.25, 0.3) is 0 Å². The number of fused-ring (bicyclic) bond motifs is 1. The van der Waals surface area contributed by atoms with E-state index in [-0.39, 0.29) is 5.54 Å². The van der Waals surface area contributed by atoms with Gasteiger partial charge in [-0.3, -0.25) is 4.90 Å². The van der Waals surface area contributed by atoms with Crippen LogP contribution < -0.4 is 4.90 Å². The summed E-state index contributed by atoms with van der Waals surface area (Å²) >= 11 is 1.89. The second-order valence-corrected chi connectivity index (χ2v) is 8.77. The van der Waals surface area contributed by atoms with Crippen LogP contribution in [-0.2, 0) is 5.54 Å². The highest BCUT2D eigenvalue weighted by Gasteiger charge is 2.38. The average molecular weight is 379 g/mol. The summed E-state index contributed by atoms with van der Waals surface area (Å²) < 4.78 is 2.52. The Kier molecular flexibility index (Phi) is 5.14. The molecule has 1 fully saturated rings. The van der Waals surface area contributed by atoms with E-state index in [0.717, 1.165) is 50.5 Å². The van der Waals surface area contributed by atoms with Crippen molar-refractivity contribution in [2.45, 2.75) is 24.3 Å². The molecular weight excluding hydrogens is 352 g/mol. The van der Waals surface area contributed by atoms with Gasteiger partial charge in [-0.2, -0.15) is 5.26 Å². The number of benzene rings is 2. The molecule has 0 spiro atoms. The Balaban J connectivity index is 1.33. The molecule has 0 amide bonds. The average Bonchev–Trinajstić information content (AvgIpc) is 2.97. The lowest BCUT2D eigenvalue weighted by Gasteiger charge is -2.38. The van der Waals surface area contributed by atoms with Gasteiger partial charge in [-0.05, 0) is 49.6 Å². The van der Waals surface area contributed by atoms with Gasteiger partial charge in [0.1, 0.15) is 6.07 Å². The SMILES string of the molecule is CC1(C)c2ccccc2SN1CCN1CCN(c2ccccc2C#N)CC1. The Bertz CT molecular complexity index is 849. The maximum absolute atomic E-state index is 9.34. The third-order valence-electron chi connectivity index (χ3n) is 5.74. The smallest absolute Gasteiger partial charge is 0.101 e. The van der Waals surface area contributed by atoms with Crippen molar-refractivity contribution in [2.24, 2.45) is 0 Å². The van der Waals surface area contributed by atoms with E-state index in [9.17, 15) is 5.26 Å². The van der Waals surface area contributed by atoms with Crippen molar-refractivity contribution in [3.8, 4) is 6.07 Å². The van der Waals surface area contributed by atoms with E-state index in [1.165, 1.54) is 10.5 Å². The summed E-state index contributed by atoms with van der Waals surface area (Å²) in [7, 11) is 0. The van der Waals surface area contributed by atoms with Crippen molar-refractivity contribution in [3.05, 3.63) is 59.7 Å². The highest BCUT2D eigenvalue weighted by atomic mass is 32.2. The van der Waals surface area contributed by atoms with Gasteiger partial charge < -0.3 is 4.90 Å². The second-order valence-electron chi connectivity index (χ2n) is 7.71. The number of nitrogens with zero attached hydrogens (tertiary/aromatic N) is 4. The van der Waals surface area contributed by atoms with Crippen molar-refractivity contribution in [1.82, 2.24) is 9.21 Å². The summed E-state index contributed by atoms with van der Waals surface area (Å²) in [6.07, 6.45) is 0. The monoisotopic (exact) mass is 378 g/mol. The Hall–Kier alpha value is -2.00. The molecule has 5 heteroatoms. The number of rotatable bonds is 4. The lowest BCUT2D eigenvalue weighted by molar-refractivity contribution is 0.198. The highest BCUT2D eigenvalue weighted by Crippen LogP contribution is 2.47. The Morgan fingerprint density at radius 1 is 0.963 bits per heavy atom. The molecule has 0 atom stereocenters. The predicted octanol–water partition coefficient (Wildman–Crippen LogP) is 3.94. The van der Waals surface area contributed by atoms with Crippen molar-refractivity contribution in [1.29, 1.82) is 5.26 Å². The highest BCUT2D eigenvalue weighted by molar-refractivity contribution is 7.97. The van der Waals surface area contributed by atoms with Crippen molar-refractivity contribution in [3.63, 3.8) is 0 Å². The van der Waals surface area contributed by atoms with Crippen molar-refractivity contribution >= 4 is 17.6 Å². The summed E-state index contributed by atoms with van der Waals surface area (Å²) in [6.45, 7) is 10.8. The number of piperazine rings is 1. The molecule has 0 unspecified atom stereocenters. The molecule has 2 aromatic rings. The van der Waals surface area contributed by atoms with Gasteiger partial charge in [-0.15, -0.1) is 0 Å². The fourth-order valence-corrected chi connectivity index (χ4v) is 5.33. The lowest BCUT2D eigenvalue weighted by atomic mass is 9.94. The molecule has 2 heterocycles. The molecule has 0 aromatic heterocycles. The lowest BCUT2D eigenvalue weighted by Crippen LogP contribution is -2.49. The summed E-state index contributed by atoms with van der Waals surface area (Å²) in [4.78, 5) is 6.28. The second kappa shape index (κ2) is 7.55. The normalized spacial score (nSPS) is 19.7. The van der Waals surface area contributed by atoms with E-state index in [0.29, 0.717) is 0 Å². The van der Waals surface area contributed by atoms with Gasteiger partial charge in [0.15, 0.2) is 0 Å². The number of nitriles is 1. The molecule has 140 valence electrons. The Morgan fingerprint density at radius 3 is 2.41 bits per heavy atom. The molecule has 0 saturated carbocycles.